The second kappa shape index (κ2) is 7.53. The minimum absolute atomic E-state index is 0.0127. The zero-order chi connectivity index (χ0) is 24.5. The number of aromatic nitrogens is 2. The van der Waals surface area contributed by atoms with E-state index in [2.05, 4.69) is 9.47 Å². The van der Waals surface area contributed by atoms with Crippen molar-refractivity contribution in [3.63, 3.8) is 0 Å². The van der Waals surface area contributed by atoms with Crippen LogP contribution in [0, 0.1) is 5.82 Å². The lowest BCUT2D eigenvalue weighted by atomic mass is 10.0. The summed E-state index contributed by atoms with van der Waals surface area (Å²) in [6.07, 6.45) is 1.91. The molecular formula is C25H20F3N3O4. The number of carbonyl (C=O) groups excluding carboxylic acids is 1. The summed E-state index contributed by atoms with van der Waals surface area (Å²) < 4.78 is 54.1. The number of hydrogen-bond acceptors (Lipinski definition) is 4. The first-order valence-electron chi connectivity index (χ1n) is 11.3. The van der Waals surface area contributed by atoms with E-state index >= 15 is 0 Å². The van der Waals surface area contributed by atoms with Crippen molar-refractivity contribution in [3.8, 4) is 17.2 Å². The number of rotatable bonds is 2. The molecule has 0 aliphatic carbocycles. The quantitative estimate of drug-likeness (QED) is 0.419. The molecule has 7 nitrogen and oxygen atoms in total. The Morgan fingerprint density at radius 2 is 1.66 bits per heavy atom. The lowest BCUT2D eigenvalue weighted by Gasteiger charge is -2.27. The topological polar surface area (TPSA) is 65.7 Å². The molecule has 2 aliphatic heterocycles. The summed E-state index contributed by atoms with van der Waals surface area (Å²) in [5.41, 5.74) is 0.327. The van der Waals surface area contributed by atoms with Crippen LogP contribution in [0.2, 0.25) is 0 Å². The smallest absolute Gasteiger partial charge is 0.395 e. The number of carbonyl (C=O) groups is 1. The Morgan fingerprint density at radius 3 is 2.37 bits per heavy atom. The molecule has 1 amide bonds. The molecule has 0 N–H and O–H groups in total. The molecule has 0 saturated carbocycles. The Kier molecular flexibility index (Phi) is 4.64. The number of fused-ring (bicyclic) bond motifs is 3. The standard InChI is InChI=1S/C25H20F3N3O4/c1-29-8-5-15-19(29)9-14(26)10-20(15)31-13-18(23(32)30-6-3-2-4-7-30)16-11-21-22(12-17(16)24(31)33)35-25(27,28)34-21/h5,8-13H,2-4,6-7H2,1H3. The minimum atomic E-state index is -3.88. The largest absolute Gasteiger partial charge is 0.586 e. The molecule has 0 bridgehead atoms. The van der Waals surface area contributed by atoms with E-state index in [1.807, 2.05) is 0 Å². The van der Waals surface area contributed by atoms with Gasteiger partial charge in [0.25, 0.3) is 11.5 Å². The Bertz CT molecular complexity index is 1580. The van der Waals surface area contributed by atoms with E-state index in [9.17, 15) is 22.8 Å². The van der Waals surface area contributed by atoms with Gasteiger partial charge in [-0.2, -0.15) is 0 Å². The van der Waals surface area contributed by atoms with Crippen LogP contribution >= 0.6 is 0 Å². The van der Waals surface area contributed by atoms with Crippen LogP contribution in [0.3, 0.4) is 0 Å². The lowest BCUT2D eigenvalue weighted by molar-refractivity contribution is -0.286. The molecule has 2 aromatic heterocycles. The Morgan fingerprint density at radius 1 is 0.971 bits per heavy atom. The van der Waals surface area contributed by atoms with Crippen molar-refractivity contribution in [1.82, 2.24) is 14.0 Å². The molecule has 1 saturated heterocycles. The lowest BCUT2D eigenvalue weighted by Crippen LogP contribution is -2.36. The molecule has 0 unspecified atom stereocenters. The van der Waals surface area contributed by atoms with Crippen molar-refractivity contribution < 1.29 is 27.4 Å². The normalized spacial score (nSPS) is 16.9. The number of aryl methyl sites for hydroxylation is 1. The molecule has 0 atom stereocenters. The van der Waals surface area contributed by atoms with Crippen molar-refractivity contribution in [1.29, 1.82) is 0 Å². The van der Waals surface area contributed by atoms with Gasteiger partial charge in [0.15, 0.2) is 11.5 Å². The van der Waals surface area contributed by atoms with Gasteiger partial charge in [0.05, 0.1) is 22.2 Å². The predicted octanol–water partition coefficient (Wildman–Crippen LogP) is 4.57. The summed E-state index contributed by atoms with van der Waals surface area (Å²) >= 11 is 0. The summed E-state index contributed by atoms with van der Waals surface area (Å²) in [7, 11) is 1.75. The van der Waals surface area contributed by atoms with Gasteiger partial charge in [0, 0.05) is 43.3 Å². The average molecular weight is 483 g/mol. The van der Waals surface area contributed by atoms with Gasteiger partial charge in [-0.1, -0.05) is 0 Å². The van der Waals surface area contributed by atoms with E-state index in [0.717, 1.165) is 25.3 Å². The van der Waals surface area contributed by atoms with Gasteiger partial charge in [-0.25, -0.2) is 4.39 Å². The van der Waals surface area contributed by atoms with Gasteiger partial charge in [-0.3, -0.25) is 14.2 Å². The van der Waals surface area contributed by atoms with Crippen LogP contribution < -0.4 is 15.0 Å². The highest BCUT2D eigenvalue weighted by atomic mass is 19.3. The second-order valence-electron chi connectivity index (χ2n) is 8.87. The maximum absolute atomic E-state index is 14.6. The summed E-state index contributed by atoms with van der Waals surface area (Å²) in [5.74, 6) is -1.47. The summed E-state index contributed by atoms with van der Waals surface area (Å²) in [5, 5.41) is 0.753. The van der Waals surface area contributed by atoms with Crippen LogP contribution in [0.25, 0.3) is 27.4 Å². The first kappa shape index (κ1) is 21.6. The number of benzene rings is 2. The van der Waals surface area contributed by atoms with Crippen LogP contribution in [0.4, 0.5) is 13.2 Å². The third-order valence-electron chi connectivity index (χ3n) is 6.62. The minimum Gasteiger partial charge on any atom is -0.395 e. The molecule has 2 aromatic carbocycles. The van der Waals surface area contributed by atoms with Crippen molar-refractivity contribution in [2.75, 3.05) is 13.1 Å². The Balaban J connectivity index is 1.65. The fraction of sp³-hybridized carbons (Fsp3) is 0.280. The molecule has 2 aliphatic rings. The molecule has 6 rings (SSSR count). The first-order valence-corrected chi connectivity index (χ1v) is 11.3. The van der Waals surface area contributed by atoms with Gasteiger partial charge in [-0.15, -0.1) is 8.78 Å². The van der Waals surface area contributed by atoms with E-state index in [4.69, 9.17) is 0 Å². The number of pyridine rings is 1. The van der Waals surface area contributed by atoms with Crippen LogP contribution in [0.5, 0.6) is 11.5 Å². The fourth-order valence-corrected chi connectivity index (χ4v) is 4.92. The molecular weight excluding hydrogens is 463 g/mol. The van der Waals surface area contributed by atoms with Gasteiger partial charge in [-0.05, 0) is 49.6 Å². The second-order valence-corrected chi connectivity index (χ2v) is 8.87. The number of hydrogen-bond donors (Lipinski definition) is 0. The molecule has 180 valence electrons. The SMILES string of the molecule is Cn1ccc2c(-n3cc(C(=O)N4CCCCC4)c4cc5c(cc4c3=O)OC(F)(F)O5)cc(F)cc21. The van der Waals surface area contributed by atoms with E-state index in [1.165, 1.54) is 29.0 Å². The van der Waals surface area contributed by atoms with Crippen LogP contribution in [-0.2, 0) is 7.05 Å². The van der Waals surface area contributed by atoms with E-state index in [1.54, 1.807) is 28.8 Å². The maximum atomic E-state index is 14.6. The van der Waals surface area contributed by atoms with E-state index < -0.39 is 17.7 Å². The predicted molar refractivity (Wildman–Crippen MR) is 122 cm³/mol. The third-order valence-corrected chi connectivity index (χ3v) is 6.62. The Hall–Kier alpha value is -3.95. The zero-order valence-corrected chi connectivity index (χ0v) is 18.7. The Labute approximate surface area is 196 Å². The van der Waals surface area contributed by atoms with Crippen molar-refractivity contribution >= 4 is 27.6 Å². The number of nitrogens with zero attached hydrogens (tertiary/aromatic N) is 3. The fourth-order valence-electron chi connectivity index (χ4n) is 4.92. The molecule has 0 radical (unpaired) electrons. The highest BCUT2D eigenvalue weighted by molar-refractivity contribution is 6.07. The molecule has 4 aromatic rings. The van der Waals surface area contributed by atoms with Gasteiger partial charge < -0.3 is 18.9 Å². The number of amides is 1. The average Bonchev–Trinajstić information content (AvgIpc) is 3.35. The number of likely N-dealkylation sites (tertiary alicyclic amines) is 1. The van der Waals surface area contributed by atoms with Crippen LogP contribution in [0.1, 0.15) is 29.6 Å². The van der Waals surface area contributed by atoms with E-state index in [0.29, 0.717) is 24.0 Å². The molecule has 4 heterocycles. The van der Waals surface area contributed by atoms with Crippen LogP contribution in [-0.4, -0.2) is 39.3 Å². The third kappa shape index (κ3) is 3.43. The van der Waals surface area contributed by atoms with Crippen LogP contribution in [0.15, 0.2) is 47.5 Å². The van der Waals surface area contributed by atoms with Gasteiger partial charge in [0.2, 0.25) is 0 Å². The summed E-state index contributed by atoms with van der Waals surface area (Å²) in [6, 6.07) is 6.70. The monoisotopic (exact) mass is 483 g/mol. The van der Waals surface area contributed by atoms with Gasteiger partial charge >= 0.3 is 6.29 Å². The number of piperidine rings is 1. The molecule has 35 heavy (non-hydrogen) atoms. The summed E-state index contributed by atoms with van der Waals surface area (Å²) in [6.45, 7) is 1.09. The molecule has 10 heteroatoms. The van der Waals surface area contributed by atoms with Gasteiger partial charge in [0.1, 0.15) is 5.82 Å². The molecule has 0 spiro atoms. The molecule has 1 fully saturated rings. The number of halogens is 3. The zero-order valence-electron chi connectivity index (χ0n) is 18.7. The number of alkyl halides is 2. The highest BCUT2D eigenvalue weighted by Gasteiger charge is 2.44. The maximum Gasteiger partial charge on any atom is 0.586 e. The van der Waals surface area contributed by atoms with Crippen molar-refractivity contribution in [2.45, 2.75) is 25.6 Å². The summed E-state index contributed by atoms with van der Waals surface area (Å²) in [4.78, 5) is 28.9. The number of ether oxygens (including phenoxy) is 2. The first-order chi connectivity index (χ1) is 16.7. The van der Waals surface area contributed by atoms with Crippen molar-refractivity contribution in [3.05, 3.63) is 64.5 Å². The van der Waals surface area contributed by atoms with E-state index in [-0.39, 0.29) is 39.4 Å². The highest BCUT2D eigenvalue weighted by Crippen LogP contribution is 2.43. The van der Waals surface area contributed by atoms with Crippen molar-refractivity contribution in [2.24, 2.45) is 7.05 Å².